The number of hydrogen-bond donors (Lipinski definition) is 7. The summed E-state index contributed by atoms with van der Waals surface area (Å²) in [5.41, 5.74) is 5.53. The van der Waals surface area contributed by atoms with Gasteiger partial charge in [-0.2, -0.15) is 0 Å². The van der Waals surface area contributed by atoms with Gasteiger partial charge in [-0.25, -0.2) is 4.79 Å². The van der Waals surface area contributed by atoms with Crippen molar-refractivity contribution in [1.29, 1.82) is 0 Å². The van der Waals surface area contributed by atoms with Crippen molar-refractivity contribution in [2.24, 2.45) is 11.7 Å². The van der Waals surface area contributed by atoms with Crippen LogP contribution in [0.1, 0.15) is 40.0 Å². The SMILES string of the molecule is CCC(C)C(NC(=O)C(C)NC(=O)C(CO)NC(=O)C(N)CCC(=O)O)C(=O)O. The van der Waals surface area contributed by atoms with E-state index in [1.165, 1.54) is 6.92 Å². The Bertz CT molecular complexity index is 612. The fourth-order valence-electron chi connectivity index (χ4n) is 2.22. The molecule has 0 aromatic carbocycles. The van der Waals surface area contributed by atoms with Gasteiger partial charge in [-0.1, -0.05) is 20.3 Å². The van der Waals surface area contributed by atoms with Gasteiger partial charge in [-0.05, 0) is 19.3 Å². The number of carboxylic acid groups (broad SMARTS) is 2. The van der Waals surface area contributed by atoms with Crippen LogP contribution in [0.3, 0.4) is 0 Å². The molecule has 12 nitrogen and oxygen atoms in total. The molecule has 8 N–H and O–H groups in total. The Labute approximate surface area is 168 Å². The number of aliphatic hydroxyl groups is 1. The maximum atomic E-state index is 12.2. The molecule has 0 heterocycles. The third-order valence-electron chi connectivity index (χ3n) is 4.35. The molecule has 5 unspecified atom stereocenters. The van der Waals surface area contributed by atoms with Gasteiger partial charge < -0.3 is 37.0 Å². The highest BCUT2D eigenvalue weighted by molar-refractivity contribution is 5.94. The van der Waals surface area contributed by atoms with Crippen LogP contribution in [-0.4, -0.2) is 75.8 Å². The second kappa shape index (κ2) is 12.7. The zero-order valence-corrected chi connectivity index (χ0v) is 16.7. The molecule has 5 atom stereocenters. The first-order valence-electron chi connectivity index (χ1n) is 9.16. The second-order valence-electron chi connectivity index (χ2n) is 6.72. The van der Waals surface area contributed by atoms with Crippen molar-refractivity contribution < 1.29 is 39.3 Å². The highest BCUT2D eigenvalue weighted by atomic mass is 16.4. The molecule has 0 radical (unpaired) electrons. The average molecular weight is 418 g/mol. The molecule has 0 aromatic heterocycles. The normalized spacial score (nSPS) is 15.9. The fraction of sp³-hybridized carbons (Fsp3) is 0.706. The summed E-state index contributed by atoms with van der Waals surface area (Å²) in [6.45, 7) is 3.96. The molecule has 0 saturated carbocycles. The molecule has 166 valence electrons. The third-order valence-corrected chi connectivity index (χ3v) is 4.35. The van der Waals surface area contributed by atoms with Crippen molar-refractivity contribution in [3.8, 4) is 0 Å². The van der Waals surface area contributed by atoms with Crippen LogP contribution in [0.5, 0.6) is 0 Å². The maximum Gasteiger partial charge on any atom is 0.326 e. The molecule has 0 spiro atoms. The lowest BCUT2D eigenvalue weighted by atomic mass is 9.99. The standard InChI is InChI=1S/C17H30N4O8/c1-4-8(2)13(17(28)29)21-14(25)9(3)19-16(27)11(7-22)20-15(26)10(18)5-6-12(23)24/h8-11,13,22H,4-7,18H2,1-3H3,(H,19,27)(H,20,26)(H,21,25)(H,23,24)(H,28,29). The van der Waals surface area contributed by atoms with Gasteiger partial charge in [0.25, 0.3) is 0 Å². The molecular weight excluding hydrogens is 388 g/mol. The molecule has 0 aliphatic carbocycles. The molecule has 0 aliphatic heterocycles. The van der Waals surface area contributed by atoms with E-state index in [4.69, 9.17) is 10.8 Å². The highest BCUT2D eigenvalue weighted by Crippen LogP contribution is 2.08. The number of carbonyl (C=O) groups excluding carboxylic acids is 3. The van der Waals surface area contributed by atoms with Gasteiger partial charge in [0, 0.05) is 6.42 Å². The van der Waals surface area contributed by atoms with E-state index in [-0.39, 0.29) is 18.8 Å². The summed E-state index contributed by atoms with van der Waals surface area (Å²) in [6, 6.07) is -4.88. The summed E-state index contributed by atoms with van der Waals surface area (Å²) in [6.07, 6.45) is 0.00732. The fourth-order valence-corrected chi connectivity index (χ4v) is 2.22. The minimum atomic E-state index is -1.42. The van der Waals surface area contributed by atoms with Gasteiger partial charge in [0.2, 0.25) is 17.7 Å². The largest absolute Gasteiger partial charge is 0.481 e. The lowest BCUT2D eigenvalue weighted by molar-refractivity contribution is -0.143. The summed E-state index contributed by atoms with van der Waals surface area (Å²) in [4.78, 5) is 58.1. The monoisotopic (exact) mass is 418 g/mol. The zero-order valence-electron chi connectivity index (χ0n) is 16.7. The van der Waals surface area contributed by atoms with Crippen LogP contribution in [-0.2, 0) is 24.0 Å². The van der Waals surface area contributed by atoms with Gasteiger partial charge in [-0.15, -0.1) is 0 Å². The number of carboxylic acids is 2. The summed E-state index contributed by atoms with van der Waals surface area (Å²) < 4.78 is 0. The van der Waals surface area contributed by atoms with Crippen molar-refractivity contribution >= 4 is 29.7 Å². The molecule has 29 heavy (non-hydrogen) atoms. The molecule has 0 aromatic rings. The first-order chi connectivity index (χ1) is 13.4. The zero-order chi connectivity index (χ0) is 22.7. The van der Waals surface area contributed by atoms with Gasteiger partial charge in [0.15, 0.2) is 0 Å². The third kappa shape index (κ3) is 9.34. The first kappa shape index (κ1) is 26.3. The number of rotatable bonds is 13. The van der Waals surface area contributed by atoms with E-state index in [1.807, 2.05) is 0 Å². The van der Waals surface area contributed by atoms with Crippen molar-refractivity contribution in [3.05, 3.63) is 0 Å². The Balaban J connectivity index is 4.83. The highest BCUT2D eigenvalue weighted by Gasteiger charge is 2.29. The van der Waals surface area contributed by atoms with Crippen LogP contribution < -0.4 is 21.7 Å². The van der Waals surface area contributed by atoms with E-state index in [0.717, 1.165) is 0 Å². The molecule has 0 fully saturated rings. The number of aliphatic hydroxyl groups excluding tert-OH is 1. The number of carbonyl (C=O) groups is 5. The maximum absolute atomic E-state index is 12.2. The van der Waals surface area contributed by atoms with E-state index >= 15 is 0 Å². The summed E-state index contributed by atoms with van der Waals surface area (Å²) >= 11 is 0. The molecule has 12 heteroatoms. The summed E-state index contributed by atoms with van der Waals surface area (Å²) in [7, 11) is 0. The Hall–Kier alpha value is -2.73. The number of hydrogen-bond acceptors (Lipinski definition) is 7. The van der Waals surface area contributed by atoms with Crippen LogP contribution in [0, 0.1) is 5.92 Å². The van der Waals surface area contributed by atoms with Crippen LogP contribution in [0.4, 0.5) is 0 Å². The van der Waals surface area contributed by atoms with Crippen molar-refractivity contribution in [1.82, 2.24) is 16.0 Å². The van der Waals surface area contributed by atoms with E-state index in [1.54, 1.807) is 13.8 Å². The van der Waals surface area contributed by atoms with E-state index < -0.39 is 60.4 Å². The van der Waals surface area contributed by atoms with Crippen LogP contribution in [0.15, 0.2) is 0 Å². The summed E-state index contributed by atoms with van der Waals surface area (Å²) in [5.74, 6) is -5.14. The lowest BCUT2D eigenvalue weighted by Crippen LogP contribution is -2.57. The van der Waals surface area contributed by atoms with Crippen LogP contribution >= 0.6 is 0 Å². The molecule has 0 rings (SSSR count). The van der Waals surface area contributed by atoms with Crippen molar-refractivity contribution in [2.45, 2.75) is 64.2 Å². The predicted octanol–water partition coefficient (Wildman–Crippen LogP) is -2.22. The van der Waals surface area contributed by atoms with Gasteiger partial charge in [0.05, 0.1) is 12.6 Å². The topological polar surface area (TPSA) is 208 Å². The Morgan fingerprint density at radius 2 is 1.52 bits per heavy atom. The number of nitrogens with two attached hydrogens (primary N) is 1. The van der Waals surface area contributed by atoms with Crippen molar-refractivity contribution in [2.75, 3.05) is 6.61 Å². The van der Waals surface area contributed by atoms with Gasteiger partial charge in [0.1, 0.15) is 18.1 Å². The predicted molar refractivity (Wildman–Crippen MR) is 100 cm³/mol. The van der Waals surface area contributed by atoms with E-state index in [0.29, 0.717) is 6.42 Å². The molecule has 0 bridgehead atoms. The lowest BCUT2D eigenvalue weighted by Gasteiger charge is -2.24. The van der Waals surface area contributed by atoms with Gasteiger partial charge in [-0.3, -0.25) is 19.2 Å². The molecule has 0 aliphatic rings. The molecule has 3 amide bonds. The Morgan fingerprint density at radius 3 is 1.97 bits per heavy atom. The number of aliphatic carboxylic acids is 2. The van der Waals surface area contributed by atoms with E-state index in [2.05, 4.69) is 16.0 Å². The number of nitrogens with one attached hydrogen (secondary N) is 3. The Kier molecular flexibility index (Phi) is 11.5. The van der Waals surface area contributed by atoms with Crippen LogP contribution in [0.2, 0.25) is 0 Å². The van der Waals surface area contributed by atoms with Gasteiger partial charge >= 0.3 is 11.9 Å². The first-order valence-corrected chi connectivity index (χ1v) is 9.16. The smallest absolute Gasteiger partial charge is 0.326 e. The Morgan fingerprint density at radius 1 is 0.931 bits per heavy atom. The molecule has 0 saturated heterocycles. The number of amides is 3. The van der Waals surface area contributed by atoms with E-state index in [9.17, 15) is 34.2 Å². The second-order valence-corrected chi connectivity index (χ2v) is 6.72. The summed E-state index contributed by atoms with van der Waals surface area (Å²) in [5, 5.41) is 33.9. The minimum absolute atomic E-state index is 0.161. The average Bonchev–Trinajstić information content (AvgIpc) is 2.66. The molecular formula is C17H30N4O8. The van der Waals surface area contributed by atoms with Crippen molar-refractivity contribution in [3.63, 3.8) is 0 Å². The quantitative estimate of drug-likeness (QED) is 0.172. The minimum Gasteiger partial charge on any atom is -0.481 e. The van der Waals surface area contributed by atoms with Crippen LogP contribution in [0.25, 0.3) is 0 Å².